The fourth-order valence-electron chi connectivity index (χ4n) is 5.47. The molecule has 1 aliphatic heterocycles. The number of rotatable bonds is 2. The molecule has 3 saturated carbocycles. The van der Waals surface area contributed by atoms with E-state index in [1.165, 1.54) is 25.7 Å². The fourth-order valence-corrected chi connectivity index (χ4v) is 5.47. The van der Waals surface area contributed by atoms with Crippen molar-refractivity contribution in [2.45, 2.75) is 69.9 Å². The topological polar surface area (TPSA) is 40.5 Å². The van der Waals surface area contributed by atoms with Crippen LogP contribution in [0.15, 0.2) is 0 Å². The van der Waals surface area contributed by atoms with Crippen LogP contribution in [0.1, 0.15) is 57.8 Å². The molecule has 20 heavy (non-hydrogen) atoms. The molecular formula is C17H27NO2. The molecule has 0 spiro atoms. The van der Waals surface area contributed by atoms with E-state index in [-0.39, 0.29) is 6.10 Å². The lowest BCUT2D eigenvalue weighted by atomic mass is 9.87. The Morgan fingerprint density at radius 1 is 0.850 bits per heavy atom. The van der Waals surface area contributed by atoms with Crippen LogP contribution in [0.2, 0.25) is 0 Å². The highest BCUT2D eigenvalue weighted by molar-refractivity contribution is 5.83. The number of likely N-dealkylation sites (tertiary alicyclic amines) is 1. The largest absolute Gasteiger partial charge is 0.393 e. The Balaban J connectivity index is 1.48. The first-order valence-electron chi connectivity index (χ1n) is 8.76. The molecule has 1 heterocycles. The van der Waals surface area contributed by atoms with E-state index in [0.717, 1.165) is 50.5 Å². The molecule has 3 nitrogen and oxygen atoms in total. The van der Waals surface area contributed by atoms with Gasteiger partial charge in [-0.1, -0.05) is 12.8 Å². The lowest BCUT2D eigenvalue weighted by Crippen LogP contribution is -2.50. The second kappa shape index (κ2) is 5.01. The lowest BCUT2D eigenvalue weighted by molar-refractivity contribution is -0.139. The smallest absolute Gasteiger partial charge is 0.226 e. The van der Waals surface area contributed by atoms with Crippen LogP contribution in [-0.4, -0.2) is 34.6 Å². The van der Waals surface area contributed by atoms with Crippen LogP contribution in [0.3, 0.4) is 0 Å². The van der Waals surface area contributed by atoms with E-state index in [2.05, 4.69) is 4.90 Å². The summed E-state index contributed by atoms with van der Waals surface area (Å²) in [6.45, 7) is 0.947. The van der Waals surface area contributed by atoms with Crippen LogP contribution < -0.4 is 0 Å². The third kappa shape index (κ3) is 2.01. The van der Waals surface area contributed by atoms with Gasteiger partial charge in [0.1, 0.15) is 0 Å². The summed E-state index contributed by atoms with van der Waals surface area (Å²) in [4.78, 5) is 15.1. The molecule has 4 fully saturated rings. The second-order valence-electron chi connectivity index (χ2n) is 7.54. The zero-order valence-electron chi connectivity index (χ0n) is 12.3. The molecule has 0 aromatic rings. The minimum absolute atomic E-state index is 0.160. The number of carbonyl (C=O) groups excluding carboxylic acids is 1. The monoisotopic (exact) mass is 277 g/mol. The maximum atomic E-state index is 12.9. The third-order valence-corrected chi connectivity index (χ3v) is 6.55. The van der Waals surface area contributed by atoms with Crippen molar-refractivity contribution in [2.75, 3.05) is 6.54 Å². The van der Waals surface area contributed by atoms with E-state index in [1.807, 2.05) is 0 Å². The summed E-state index contributed by atoms with van der Waals surface area (Å²) in [5.74, 6) is 2.61. The van der Waals surface area contributed by atoms with Crippen molar-refractivity contribution < 1.29 is 9.90 Å². The Morgan fingerprint density at radius 3 is 2.25 bits per heavy atom. The summed E-state index contributed by atoms with van der Waals surface area (Å²) in [7, 11) is 0. The van der Waals surface area contributed by atoms with Crippen molar-refractivity contribution in [3.63, 3.8) is 0 Å². The summed E-state index contributed by atoms with van der Waals surface area (Å²) >= 11 is 0. The molecule has 4 rings (SSSR count). The van der Waals surface area contributed by atoms with Crippen molar-refractivity contribution in [3.8, 4) is 0 Å². The SMILES string of the molecule is O=C(C1C2CCCC21)N1CCCCC1C1CCCC1O. The van der Waals surface area contributed by atoms with Crippen molar-refractivity contribution in [1.82, 2.24) is 4.90 Å². The summed E-state index contributed by atoms with van der Waals surface area (Å²) in [5, 5.41) is 10.2. The second-order valence-corrected chi connectivity index (χ2v) is 7.54. The number of amides is 1. The maximum Gasteiger partial charge on any atom is 0.226 e. The first kappa shape index (κ1) is 13.1. The number of hydrogen-bond acceptors (Lipinski definition) is 2. The van der Waals surface area contributed by atoms with Gasteiger partial charge in [0.05, 0.1) is 6.10 Å². The minimum Gasteiger partial charge on any atom is -0.393 e. The summed E-state index contributed by atoms with van der Waals surface area (Å²) in [6.07, 6.45) is 10.5. The Bertz CT molecular complexity index is 386. The highest BCUT2D eigenvalue weighted by Gasteiger charge is 2.58. The van der Waals surface area contributed by atoms with E-state index in [9.17, 15) is 9.90 Å². The first-order valence-corrected chi connectivity index (χ1v) is 8.76. The van der Waals surface area contributed by atoms with Gasteiger partial charge in [0.15, 0.2) is 0 Å². The van der Waals surface area contributed by atoms with Crippen molar-refractivity contribution in [2.24, 2.45) is 23.7 Å². The van der Waals surface area contributed by atoms with E-state index in [0.29, 0.717) is 23.8 Å². The number of nitrogens with zero attached hydrogens (tertiary/aromatic N) is 1. The standard InChI is InChI=1S/C17H27NO2/c19-15-9-4-7-13(15)14-8-1-2-10-18(14)17(20)16-11-5-3-6-12(11)16/h11-16,19H,1-10H2. The highest BCUT2D eigenvalue weighted by Crippen LogP contribution is 2.58. The van der Waals surface area contributed by atoms with Gasteiger partial charge in [-0.3, -0.25) is 4.79 Å². The van der Waals surface area contributed by atoms with E-state index in [1.54, 1.807) is 0 Å². The summed E-state index contributed by atoms with van der Waals surface area (Å²) in [6, 6.07) is 0.343. The Labute approximate surface area is 121 Å². The van der Waals surface area contributed by atoms with Crippen molar-refractivity contribution >= 4 is 5.91 Å². The molecule has 1 saturated heterocycles. The molecule has 1 amide bonds. The molecule has 1 N–H and O–H groups in total. The average Bonchev–Trinajstić information content (AvgIpc) is 2.82. The fraction of sp³-hybridized carbons (Fsp3) is 0.941. The highest BCUT2D eigenvalue weighted by atomic mass is 16.3. The third-order valence-electron chi connectivity index (χ3n) is 6.55. The number of carbonyl (C=O) groups is 1. The molecule has 3 aliphatic carbocycles. The predicted molar refractivity (Wildman–Crippen MR) is 77.0 cm³/mol. The number of aliphatic hydroxyl groups is 1. The van der Waals surface area contributed by atoms with Gasteiger partial charge in [0, 0.05) is 24.4 Å². The zero-order chi connectivity index (χ0) is 13.7. The molecule has 4 aliphatic rings. The van der Waals surface area contributed by atoms with Gasteiger partial charge >= 0.3 is 0 Å². The van der Waals surface area contributed by atoms with Crippen LogP contribution in [0.5, 0.6) is 0 Å². The first-order chi connectivity index (χ1) is 9.77. The quantitative estimate of drug-likeness (QED) is 0.843. The van der Waals surface area contributed by atoms with Crippen molar-refractivity contribution in [3.05, 3.63) is 0 Å². The van der Waals surface area contributed by atoms with Crippen LogP contribution in [0, 0.1) is 23.7 Å². The molecule has 5 unspecified atom stereocenters. The number of fused-ring (bicyclic) bond motifs is 1. The molecule has 112 valence electrons. The maximum absolute atomic E-state index is 12.9. The number of aliphatic hydroxyl groups excluding tert-OH is 1. The van der Waals surface area contributed by atoms with Crippen molar-refractivity contribution in [1.29, 1.82) is 0 Å². The minimum atomic E-state index is -0.160. The summed E-state index contributed by atoms with van der Waals surface area (Å²) in [5.41, 5.74) is 0. The van der Waals surface area contributed by atoms with Crippen LogP contribution in [-0.2, 0) is 4.79 Å². The average molecular weight is 277 g/mol. The van der Waals surface area contributed by atoms with Gasteiger partial charge in [-0.05, 0) is 56.8 Å². The Morgan fingerprint density at radius 2 is 1.55 bits per heavy atom. The van der Waals surface area contributed by atoms with Gasteiger partial charge < -0.3 is 10.0 Å². The van der Waals surface area contributed by atoms with E-state index in [4.69, 9.17) is 0 Å². The normalized spacial score (nSPS) is 47.4. The molecule has 0 aromatic heterocycles. The van der Waals surface area contributed by atoms with E-state index < -0.39 is 0 Å². The van der Waals surface area contributed by atoms with Gasteiger partial charge in [-0.15, -0.1) is 0 Å². The Kier molecular flexibility index (Phi) is 3.29. The van der Waals surface area contributed by atoms with Crippen LogP contribution in [0.25, 0.3) is 0 Å². The van der Waals surface area contributed by atoms with Gasteiger partial charge in [0.25, 0.3) is 0 Å². The molecular weight excluding hydrogens is 250 g/mol. The number of hydrogen-bond donors (Lipinski definition) is 1. The predicted octanol–water partition coefficient (Wildman–Crippen LogP) is 2.57. The zero-order valence-corrected chi connectivity index (χ0v) is 12.3. The van der Waals surface area contributed by atoms with Crippen LogP contribution in [0.4, 0.5) is 0 Å². The van der Waals surface area contributed by atoms with Gasteiger partial charge in [0.2, 0.25) is 5.91 Å². The lowest BCUT2D eigenvalue weighted by Gasteiger charge is -2.41. The van der Waals surface area contributed by atoms with Crippen LogP contribution >= 0.6 is 0 Å². The Hall–Kier alpha value is -0.570. The summed E-state index contributed by atoms with van der Waals surface area (Å²) < 4.78 is 0. The molecule has 5 atom stereocenters. The molecule has 3 heteroatoms. The molecule has 0 bridgehead atoms. The molecule has 0 aromatic carbocycles. The van der Waals surface area contributed by atoms with Gasteiger partial charge in [-0.25, -0.2) is 0 Å². The molecule has 0 radical (unpaired) electrons. The number of piperidine rings is 1. The van der Waals surface area contributed by atoms with Gasteiger partial charge in [-0.2, -0.15) is 0 Å². The van der Waals surface area contributed by atoms with E-state index >= 15 is 0 Å².